The number of carbonyl (C=O) groups excluding carboxylic acids is 1. The van der Waals surface area contributed by atoms with Gasteiger partial charge in [-0.25, -0.2) is 8.42 Å². The summed E-state index contributed by atoms with van der Waals surface area (Å²) in [7, 11) is -3.55. The van der Waals surface area contributed by atoms with Gasteiger partial charge < -0.3 is 11.1 Å². The summed E-state index contributed by atoms with van der Waals surface area (Å²) in [5.74, 6) is 0.471. The van der Waals surface area contributed by atoms with Crippen molar-refractivity contribution in [3.63, 3.8) is 0 Å². The number of nitrogens with one attached hydrogen (secondary N) is 2. The molecule has 1 saturated carbocycles. The molecule has 1 heterocycles. The van der Waals surface area contributed by atoms with Crippen molar-refractivity contribution in [3.8, 4) is 0 Å². The van der Waals surface area contributed by atoms with Gasteiger partial charge in [-0.2, -0.15) is 0 Å². The lowest BCUT2D eigenvalue weighted by Gasteiger charge is -2.12. The fourth-order valence-corrected chi connectivity index (χ4v) is 4.53. The third-order valence-corrected chi connectivity index (χ3v) is 6.87. The molecule has 0 aliphatic heterocycles. The van der Waals surface area contributed by atoms with Crippen LogP contribution in [-0.4, -0.2) is 26.9 Å². The smallest absolute Gasteiger partial charge is 0.271 e. The average molecular weight is 380 g/mol. The van der Waals surface area contributed by atoms with E-state index in [1.54, 1.807) is 41.8 Å². The Labute approximate surface area is 151 Å². The fraction of sp³-hybridized carbons (Fsp3) is 0.353. The van der Waals surface area contributed by atoms with Crippen molar-refractivity contribution >= 4 is 33.0 Å². The van der Waals surface area contributed by atoms with Crippen molar-refractivity contribution in [1.82, 2.24) is 5.32 Å². The fourth-order valence-electron chi connectivity index (χ4n) is 2.48. The van der Waals surface area contributed by atoms with Crippen LogP contribution in [0.3, 0.4) is 0 Å². The summed E-state index contributed by atoms with van der Waals surface area (Å²) in [5.41, 5.74) is 7.24. The van der Waals surface area contributed by atoms with E-state index in [9.17, 15) is 13.2 Å². The van der Waals surface area contributed by atoms with E-state index >= 15 is 0 Å². The maximum Gasteiger partial charge on any atom is 0.271 e. The highest BCUT2D eigenvalue weighted by molar-refractivity contribution is 7.94. The maximum atomic E-state index is 12.2. The van der Waals surface area contributed by atoms with Crippen molar-refractivity contribution in [2.75, 3.05) is 11.3 Å². The molecule has 6 nitrogen and oxygen atoms in total. The lowest BCUT2D eigenvalue weighted by molar-refractivity contribution is -0.120. The molecule has 8 heteroatoms. The van der Waals surface area contributed by atoms with Gasteiger partial charge in [0.15, 0.2) is 0 Å². The first-order valence-corrected chi connectivity index (χ1v) is 10.5. The van der Waals surface area contributed by atoms with Gasteiger partial charge in [-0.3, -0.25) is 9.52 Å². The second kappa shape index (κ2) is 7.55. The number of hydrogen-bond acceptors (Lipinski definition) is 5. The van der Waals surface area contributed by atoms with Gasteiger partial charge in [0.2, 0.25) is 5.91 Å². The van der Waals surface area contributed by atoms with Crippen molar-refractivity contribution in [1.29, 1.82) is 0 Å². The van der Waals surface area contributed by atoms with Gasteiger partial charge in [0.05, 0.1) is 6.42 Å². The molecule has 1 fully saturated rings. The zero-order valence-corrected chi connectivity index (χ0v) is 15.3. The lowest BCUT2D eigenvalue weighted by Crippen LogP contribution is -2.39. The van der Waals surface area contributed by atoms with Crippen LogP contribution in [0.5, 0.6) is 0 Å². The number of amides is 1. The Morgan fingerprint density at radius 3 is 2.56 bits per heavy atom. The van der Waals surface area contributed by atoms with Crippen LogP contribution in [0.25, 0.3) is 0 Å². The van der Waals surface area contributed by atoms with Crippen LogP contribution >= 0.6 is 11.3 Å². The topological polar surface area (TPSA) is 101 Å². The zero-order chi connectivity index (χ0) is 17.9. The van der Waals surface area contributed by atoms with Crippen LogP contribution in [-0.2, 0) is 21.2 Å². The van der Waals surface area contributed by atoms with E-state index in [0.29, 0.717) is 18.2 Å². The van der Waals surface area contributed by atoms with Crippen LogP contribution in [0.4, 0.5) is 5.69 Å². The number of anilines is 1. The average Bonchev–Trinajstić information content (AvgIpc) is 3.27. The lowest BCUT2D eigenvalue weighted by atomic mass is 10.1. The summed E-state index contributed by atoms with van der Waals surface area (Å²) in [5, 5.41) is 4.56. The molecular weight excluding hydrogens is 358 g/mol. The van der Waals surface area contributed by atoms with E-state index in [2.05, 4.69) is 10.0 Å². The Balaban J connectivity index is 1.52. The molecule has 134 valence electrons. The predicted molar refractivity (Wildman–Crippen MR) is 99.0 cm³/mol. The maximum absolute atomic E-state index is 12.2. The molecular formula is C17H21N3O3S2. The van der Waals surface area contributed by atoms with E-state index < -0.39 is 10.0 Å². The predicted octanol–water partition coefficient (Wildman–Crippen LogP) is 1.94. The van der Waals surface area contributed by atoms with Gasteiger partial charge in [0.1, 0.15) is 4.21 Å². The van der Waals surface area contributed by atoms with Gasteiger partial charge in [0.25, 0.3) is 10.0 Å². The Hall–Kier alpha value is -1.90. The minimum absolute atomic E-state index is 0.0398. The van der Waals surface area contributed by atoms with E-state index in [-0.39, 0.29) is 22.6 Å². The first-order chi connectivity index (χ1) is 11.9. The standard InChI is InChI=1S/C17H21N3O3S2/c18-15(13-5-6-13)11-19-16(21)10-12-3-7-14(8-4-12)20-25(22,23)17-2-1-9-24-17/h1-4,7-9,13,15,20H,5-6,10-11,18H2,(H,19,21). The van der Waals surface area contributed by atoms with Crippen molar-refractivity contribution < 1.29 is 13.2 Å². The van der Waals surface area contributed by atoms with E-state index in [4.69, 9.17) is 5.73 Å². The number of thiophene rings is 1. The van der Waals surface area contributed by atoms with Crippen molar-refractivity contribution in [2.24, 2.45) is 11.7 Å². The van der Waals surface area contributed by atoms with Gasteiger partial charge in [-0.1, -0.05) is 18.2 Å². The molecule has 1 amide bonds. The molecule has 1 aliphatic carbocycles. The van der Waals surface area contributed by atoms with Gasteiger partial charge in [-0.15, -0.1) is 11.3 Å². The van der Waals surface area contributed by atoms with Crippen LogP contribution < -0.4 is 15.8 Å². The Morgan fingerprint density at radius 1 is 1.24 bits per heavy atom. The van der Waals surface area contributed by atoms with Crippen molar-refractivity contribution in [2.45, 2.75) is 29.5 Å². The minimum Gasteiger partial charge on any atom is -0.354 e. The normalized spacial score (nSPS) is 15.6. The summed E-state index contributed by atoms with van der Waals surface area (Å²) in [4.78, 5) is 12.0. The molecule has 0 radical (unpaired) electrons. The van der Waals surface area contributed by atoms with Crippen LogP contribution in [0.1, 0.15) is 18.4 Å². The Kier molecular flexibility index (Phi) is 5.41. The second-order valence-corrected chi connectivity index (χ2v) is 9.07. The third kappa shape index (κ3) is 5.04. The zero-order valence-electron chi connectivity index (χ0n) is 13.6. The first-order valence-electron chi connectivity index (χ1n) is 8.11. The number of rotatable bonds is 8. The summed E-state index contributed by atoms with van der Waals surface area (Å²) in [6.45, 7) is 0.502. The molecule has 25 heavy (non-hydrogen) atoms. The minimum atomic E-state index is -3.55. The van der Waals surface area contributed by atoms with Gasteiger partial charge in [0, 0.05) is 18.3 Å². The highest BCUT2D eigenvalue weighted by atomic mass is 32.2. The SMILES string of the molecule is NC(CNC(=O)Cc1ccc(NS(=O)(=O)c2cccs2)cc1)C1CC1. The molecule has 0 spiro atoms. The molecule has 1 unspecified atom stereocenters. The van der Waals surface area contributed by atoms with Crippen LogP contribution in [0.2, 0.25) is 0 Å². The molecule has 2 aromatic rings. The number of nitrogens with two attached hydrogens (primary N) is 1. The molecule has 1 aromatic heterocycles. The molecule has 3 rings (SSSR count). The summed E-state index contributed by atoms with van der Waals surface area (Å²) < 4.78 is 27.1. The molecule has 0 saturated heterocycles. The molecule has 4 N–H and O–H groups in total. The van der Waals surface area contributed by atoms with Crippen LogP contribution in [0.15, 0.2) is 46.0 Å². The largest absolute Gasteiger partial charge is 0.354 e. The number of sulfonamides is 1. The quantitative estimate of drug-likeness (QED) is 0.652. The third-order valence-electron chi connectivity index (χ3n) is 4.09. The summed E-state index contributed by atoms with van der Waals surface area (Å²) in [6.07, 6.45) is 2.55. The molecule has 1 atom stereocenters. The van der Waals surface area contributed by atoms with Gasteiger partial charge >= 0.3 is 0 Å². The molecule has 1 aliphatic rings. The van der Waals surface area contributed by atoms with Gasteiger partial charge in [-0.05, 0) is 47.9 Å². The van der Waals surface area contributed by atoms with E-state index in [0.717, 1.165) is 29.7 Å². The van der Waals surface area contributed by atoms with E-state index in [1.807, 2.05) is 0 Å². The number of carbonyl (C=O) groups is 1. The Bertz CT molecular complexity index is 813. The highest BCUT2D eigenvalue weighted by Gasteiger charge is 2.28. The number of hydrogen-bond donors (Lipinski definition) is 3. The van der Waals surface area contributed by atoms with Crippen LogP contribution in [0, 0.1) is 5.92 Å². The summed E-state index contributed by atoms with van der Waals surface area (Å²) >= 11 is 1.16. The molecule has 0 bridgehead atoms. The van der Waals surface area contributed by atoms with E-state index in [1.165, 1.54) is 0 Å². The first kappa shape index (κ1) is 17.9. The summed E-state index contributed by atoms with van der Waals surface area (Å²) in [6, 6.07) is 10.1. The Morgan fingerprint density at radius 2 is 1.96 bits per heavy atom. The second-order valence-electron chi connectivity index (χ2n) is 6.22. The molecule has 1 aromatic carbocycles. The monoisotopic (exact) mass is 379 g/mol. The number of benzene rings is 1. The highest BCUT2D eigenvalue weighted by Crippen LogP contribution is 2.31. The van der Waals surface area contributed by atoms with Crippen molar-refractivity contribution in [3.05, 3.63) is 47.3 Å².